The molecule has 1 aromatic carbocycles. The molecule has 23 heavy (non-hydrogen) atoms. The van der Waals surface area contributed by atoms with Gasteiger partial charge in [-0.25, -0.2) is 4.99 Å². The van der Waals surface area contributed by atoms with E-state index in [9.17, 15) is 4.79 Å². The smallest absolute Gasteiger partial charge is 0.243 e. The van der Waals surface area contributed by atoms with Gasteiger partial charge >= 0.3 is 0 Å². The number of aliphatic imine (C=N–C) groups is 1. The Morgan fingerprint density at radius 1 is 1.17 bits per heavy atom. The van der Waals surface area contributed by atoms with E-state index in [0.29, 0.717) is 19.1 Å². The molecule has 0 fully saturated rings. The number of ether oxygens (including phenoxy) is 1. The predicted molar refractivity (Wildman–Crippen MR) is 94.0 cm³/mol. The monoisotopic (exact) mass is 320 g/mol. The highest BCUT2D eigenvalue weighted by molar-refractivity contribution is 5.84. The highest BCUT2D eigenvalue weighted by atomic mass is 16.5. The molecular formula is C17H28N4O2. The molecule has 0 atom stereocenters. The lowest BCUT2D eigenvalue weighted by Crippen LogP contribution is -2.40. The van der Waals surface area contributed by atoms with Gasteiger partial charge in [-0.1, -0.05) is 24.6 Å². The van der Waals surface area contributed by atoms with Gasteiger partial charge in [0.1, 0.15) is 18.9 Å². The summed E-state index contributed by atoms with van der Waals surface area (Å²) in [5.74, 6) is 1.45. The Morgan fingerprint density at radius 3 is 2.43 bits per heavy atom. The quantitative estimate of drug-likeness (QED) is 0.432. The van der Waals surface area contributed by atoms with E-state index in [2.05, 4.69) is 22.5 Å². The fraction of sp³-hybridized carbons (Fsp3) is 0.529. The number of amides is 1. The van der Waals surface area contributed by atoms with E-state index >= 15 is 0 Å². The van der Waals surface area contributed by atoms with Crippen LogP contribution in [0.2, 0.25) is 0 Å². The molecule has 0 saturated heterocycles. The van der Waals surface area contributed by atoms with Crippen molar-refractivity contribution in [3.8, 4) is 5.75 Å². The number of guanidine groups is 1. The number of hydrogen-bond donors (Lipinski definition) is 2. The summed E-state index contributed by atoms with van der Waals surface area (Å²) >= 11 is 0. The summed E-state index contributed by atoms with van der Waals surface area (Å²) in [6, 6.07) is 7.95. The number of nitrogens with one attached hydrogen (secondary N) is 2. The first-order chi connectivity index (χ1) is 11.0. The van der Waals surface area contributed by atoms with Gasteiger partial charge < -0.3 is 20.3 Å². The Hall–Kier alpha value is -2.24. The van der Waals surface area contributed by atoms with Crippen LogP contribution in [0, 0.1) is 6.92 Å². The van der Waals surface area contributed by atoms with Gasteiger partial charge in [-0.05, 0) is 25.5 Å². The van der Waals surface area contributed by atoms with Crippen molar-refractivity contribution in [2.75, 3.05) is 40.3 Å². The number of hydrogen-bond acceptors (Lipinski definition) is 3. The van der Waals surface area contributed by atoms with Crippen molar-refractivity contribution >= 4 is 11.9 Å². The maximum atomic E-state index is 11.6. The maximum absolute atomic E-state index is 11.6. The summed E-state index contributed by atoms with van der Waals surface area (Å²) in [7, 11) is 3.44. The molecule has 1 aromatic rings. The number of carbonyl (C=O) groups excluding carboxylic acids is 1. The molecule has 6 heteroatoms. The topological polar surface area (TPSA) is 66.0 Å². The average Bonchev–Trinajstić information content (AvgIpc) is 2.54. The standard InChI is InChI=1S/C17H28N4O2/c1-5-10-18-17(20-13-16(22)21(3)4)19-11-12-23-15-8-6-14(2)7-9-15/h6-9H,5,10-13H2,1-4H3,(H2,18,19,20). The van der Waals surface area contributed by atoms with E-state index < -0.39 is 0 Å². The predicted octanol–water partition coefficient (Wildman–Crippen LogP) is 1.41. The fourth-order valence-electron chi connectivity index (χ4n) is 1.68. The van der Waals surface area contributed by atoms with Crippen LogP contribution in [-0.2, 0) is 4.79 Å². The molecule has 2 N–H and O–H groups in total. The van der Waals surface area contributed by atoms with E-state index in [-0.39, 0.29) is 12.5 Å². The van der Waals surface area contributed by atoms with Crippen LogP contribution < -0.4 is 15.4 Å². The normalized spacial score (nSPS) is 11.0. The Balaban J connectivity index is 2.39. The van der Waals surface area contributed by atoms with Crippen LogP contribution in [0.15, 0.2) is 29.3 Å². The zero-order valence-corrected chi connectivity index (χ0v) is 14.6. The number of carbonyl (C=O) groups is 1. The van der Waals surface area contributed by atoms with E-state index in [0.717, 1.165) is 18.7 Å². The minimum atomic E-state index is -0.0292. The van der Waals surface area contributed by atoms with Crippen molar-refractivity contribution in [1.29, 1.82) is 0 Å². The number of benzene rings is 1. The van der Waals surface area contributed by atoms with Crippen molar-refractivity contribution in [1.82, 2.24) is 15.5 Å². The number of nitrogens with zero attached hydrogens (tertiary/aromatic N) is 2. The highest BCUT2D eigenvalue weighted by Crippen LogP contribution is 2.10. The second-order valence-electron chi connectivity index (χ2n) is 5.47. The van der Waals surface area contributed by atoms with Crippen molar-refractivity contribution in [3.05, 3.63) is 29.8 Å². The van der Waals surface area contributed by atoms with Crippen LogP contribution in [0.3, 0.4) is 0 Å². The zero-order valence-electron chi connectivity index (χ0n) is 14.6. The Bertz CT molecular complexity index is 498. The number of likely N-dealkylation sites (N-methyl/N-ethyl adjacent to an activating group) is 1. The largest absolute Gasteiger partial charge is 0.492 e. The first kappa shape index (κ1) is 18.8. The van der Waals surface area contributed by atoms with Crippen LogP contribution in [-0.4, -0.2) is 57.1 Å². The maximum Gasteiger partial charge on any atom is 0.243 e. The minimum Gasteiger partial charge on any atom is -0.492 e. The lowest BCUT2D eigenvalue weighted by atomic mass is 10.2. The van der Waals surface area contributed by atoms with E-state index in [1.165, 1.54) is 10.5 Å². The van der Waals surface area contributed by atoms with Crippen LogP contribution in [0.1, 0.15) is 18.9 Å². The minimum absolute atomic E-state index is 0.0292. The van der Waals surface area contributed by atoms with Gasteiger partial charge in [0.05, 0.1) is 6.54 Å². The van der Waals surface area contributed by atoms with E-state index in [1.807, 2.05) is 31.2 Å². The lowest BCUT2D eigenvalue weighted by molar-refractivity contribution is -0.127. The van der Waals surface area contributed by atoms with E-state index in [4.69, 9.17) is 4.74 Å². The molecule has 0 aliphatic carbocycles. The van der Waals surface area contributed by atoms with Gasteiger partial charge in [0, 0.05) is 20.6 Å². The molecule has 0 saturated carbocycles. The van der Waals surface area contributed by atoms with Gasteiger partial charge in [0.15, 0.2) is 5.96 Å². The Kier molecular flexibility index (Phi) is 8.57. The lowest BCUT2D eigenvalue weighted by Gasteiger charge is -2.13. The van der Waals surface area contributed by atoms with Gasteiger partial charge in [-0.2, -0.15) is 0 Å². The first-order valence-corrected chi connectivity index (χ1v) is 7.94. The Labute approximate surface area is 138 Å². The van der Waals surface area contributed by atoms with Gasteiger partial charge in [0.2, 0.25) is 5.91 Å². The third-order valence-electron chi connectivity index (χ3n) is 3.10. The third-order valence-corrected chi connectivity index (χ3v) is 3.10. The average molecular weight is 320 g/mol. The van der Waals surface area contributed by atoms with Crippen molar-refractivity contribution in [3.63, 3.8) is 0 Å². The highest BCUT2D eigenvalue weighted by Gasteiger charge is 2.04. The summed E-state index contributed by atoms with van der Waals surface area (Å²) in [4.78, 5) is 17.4. The van der Waals surface area contributed by atoms with Gasteiger partial charge in [-0.3, -0.25) is 4.79 Å². The SMILES string of the molecule is CCCNC(=NCC(=O)N(C)C)NCCOc1ccc(C)cc1. The molecule has 1 rings (SSSR count). The molecule has 0 unspecified atom stereocenters. The molecule has 0 bridgehead atoms. The molecule has 0 spiro atoms. The van der Waals surface area contributed by atoms with Crippen molar-refractivity contribution in [2.45, 2.75) is 20.3 Å². The Morgan fingerprint density at radius 2 is 1.83 bits per heavy atom. The summed E-state index contributed by atoms with van der Waals surface area (Å²) in [5.41, 5.74) is 1.21. The summed E-state index contributed by atoms with van der Waals surface area (Å²) in [6.45, 7) is 6.20. The van der Waals surface area contributed by atoms with Crippen molar-refractivity contribution in [2.24, 2.45) is 4.99 Å². The fourth-order valence-corrected chi connectivity index (χ4v) is 1.68. The van der Waals surface area contributed by atoms with E-state index in [1.54, 1.807) is 14.1 Å². The molecule has 1 amide bonds. The molecule has 0 aromatic heterocycles. The summed E-state index contributed by atoms with van der Waals surface area (Å²) in [5, 5.41) is 6.36. The number of rotatable bonds is 8. The molecule has 6 nitrogen and oxygen atoms in total. The summed E-state index contributed by atoms with van der Waals surface area (Å²) in [6.07, 6.45) is 0.988. The zero-order chi connectivity index (χ0) is 17.1. The van der Waals surface area contributed by atoms with Crippen LogP contribution in [0.4, 0.5) is 0 Å². The molecule has 128 valence electrons. The first-order valence-electron chi connectivity index (χ1n) is 7.94. The second kappa shape index (κ2) is 10.5. The van der Waals surface area contributed by atoms with Crippen LogP contribution >= 0.6 is 0 Å². The summed E-state index contributed by atoms with van der Waals surface area (Å²) < 4.78 is 5.66. The van der Waals surface area contributed by atoms with Crippen molar-refractivity contribution < 1.29 is 9.53 Å². The second-order valence-corrected chi connectivity index (χ2v) is 5.47. The van der Waals surface area contributed by atoms with Crippen LogP contribution in [0.5, 0.6) is 5.75 Å². The number of aryl methyl sites for hydroxylation is 1. The third kappa shape index (κ3) is 8.09. The molecule has 0 heterocycles. The molecule has 0 radical (unpaired) electrons. The molecular weight excluding hydrogens is 292 g/mol. The van der Waals surface area contributed by atoms with Gasteiger partial charge in [-0.15, -0.1) is 0 Å². The van der Waals surface area contributed by atoms with Gasteiger partial charge in [0.25, 0.3) is 0 Å². The molecule has 0 aliphatic rings. The van der Waals surface area contributed by atoms with Crippen LogP contribution in [0.25, 0.3) is 0 Å². The molecule has 0 aliphatic heterocycles.